The fraction of sp³-hybridized carbons (Fsp3) is 0.571. The lowest BCUT2D eigenvalue weighted by Crippen LogP contribution is -2.47. The van der Waals surface area contributed by atoms with Gasteiger partial charge in [-0.2, -0.15) is 0 Å². The first-order valence-corrected chi connectivity index (χ1v) is 6.75. The highest BCUT2D eigenvalue weighted by molar-refractivity contribution is 5.54. The van der Waals surface area contributed by atoms with Gasteiger partial charge in [0.15, 0.2) is 0 Å². The maximum atomic E-state index is 13.8. The van der Waals surface area contributed by atoms with E-state index in [2.05, 4.69) is 9.80 Å². The molecule has 1 aliphatic heterocycles. The van der Waals surface area contributed by atoms with Crippen LogP contribution in [-0.4, -0.2) is 37.6 Å². The summed E-state index contributed by atoms with van der Waals surface area (Å²) in [6.45, 7) is 5.14. The van der Waals surface area contributed by atoms with Crippen LogP contribution in [0, 0.1) is 11.7 Å². The zero-order chi connectivity index (χ0) is 12.5. The molecule has 3 rings (SSSR count). The molecule has 0 unspecified atom stereocenters. The highest BCUT2D eigenvalue weighted by Crippen LogP contribution is 2.30. The van der Waals surface area contributed by atoms with E-state index in [0.29, 0.717) is 11.4 Å². The molecule has 1 saturated heterocycles. The molecule has 1 aromatic carbocycles. The summed E-state index contributed by atoms with van der Waals surface area (Å²) in [5.41, 5.74) is 6.75. The summed E-state index contributed by atoms with van der Waals surface area (Å²) in [6.07, 6.45) is 2.79. The van der Waals surface area contributed by atoms with Gasteiger partial charge in [-0.3, -0.25) is 4.90 Å². The Balaban J connectivity index is 1.60. The maximum Gasteiger partial charge on any atom is 0.148 e. The summed E-state index contributed by atoms with van der Waals surface area (Å²) in [7, 11) is 0. The molecule has 2 N–H and O–H groups in total. The Hall–Kier alpha value is -1.29. The number of benzene rings is 1. The van der Waals surface area contributed by atoms with Crippen molar-refractivity contribution in [1.29, 1.82) is 0 Å². The van der Waals surface area contributed by atoms with E-state index < -0.39 is 0 Å². The van der Waals surface area contributed by atoms with Gasteiger partial charge >= 0.3 is 0 Å². The Morgan fingerprint density at radius 3 is 2.50 bits per heavy atom. The third-order valence-electron chi connectivity index (χ3n) is 3.90. The van der Waals surface area contributed by atoms with Crippen LogP contribution in [0.5, 0.6) is 0 Å². The normalized spacial score (nSPS) is 21.3. The van der Waals surface area contributed by atoms with Crippen molar-refractivity contribution in [3.63, 3.8) is 0 Å². The van der Waals surface area contributed by atoms with E-state index >= 15 is 0 Å². The van der Waals surface area contributed by atoms with Crippen LogP contribution in [0.3, 0.4) is 0 Å². The van der Waals surface area contributed by atoms with E-state index in [1.54, 1.807) is 12.1 Å². The number of hydrogen-bond donors (Lipinski definition) is 1. The number of nitrogens with two attached hydrogens (primary N) is 1. The van der Waals surface area contributed by atoms with Crippen molar-refractivity contribution >= 4 is 11.4 Å². The van der Waals surface area contributed by atoms with Gasteiger partial charge in [0, 0.05) is 38.4 Å². The highest BCUT2D eigenvalue weighted by Gasteiger charge is 2.26. The summed E-state index contributed by atoms with van der Waals surface area (Å²) in [4.78, 5) is 4.63. The largest absolute Gasteiger partial charge is 0.399 e. The first-order chi connectivity index (χ1) is 8.72. The number of anilines is 2. The van der Waals surface area contributed by atoms with Crippen molar-refractivity contribution in [2.45, 2.75) is 12.8 Å². The average molecular weight is 249 g/mol. The molecule has 0 radical (unpaired) electrons. The van der Waals surface area contributed by atoms with Crippen molar-refractivity contribution < 1.29 is 4.39 Å². The summed E-state index contributed by atoms with van der Waals surface area (Å²) < 4.78 is 13.8. The molecule has 0 spiro atoms. The molecule has 18 heavy (non-hydrogen) atoms. The second-order valence-corrected chi connectivity index (χ2v) is 5.44. The average Bonchev–Trinajstić information content (AvgIpc) is 3.15. The van der Waals surface area contributed by atoms with E-state index in [1.165, 1.54) is 25.5 Å². The van der Waals surface area contributed by atoms with Gasteiger partial charge in [-0.05, 0) is 37.0 Å². The van der Waals surface area contributed by atoms with Gasteiger partial charge in [0.25, 0.3) is 0 Å². The van der Waals surface area contributed by atoms with E-state index in [-0.39, 0.29) is 5.82 Å². The summed E-state index contributed by atoms with van der Waals surface area (Å²) in [5, 5.41) is 0. The van der Waals surface area contributed by atoms with Crippen LogP contribution in [0.1, 0.15) is 12.8 Å². The minimum Gasteiger partial charge on any atom is -0.399 e. The third-order valence-corrected chi connectivity index (χ3v) is 3.90. The highest BCUT2D eigenvalue weighted by atomic mass is 19.1. The molecule has 0 aromatic heterocycles. The minimum atomic E-state index is -0.203. The number of nitrogens with zero attached hydrogens (tertiary/aromatic N) is 2. The standard InChI is InChI=1S/C14H20FN3/c15-13-9-12(16)3-4-14(13)18-7-5-17(6-8-18)10-11-1-2-11/h3-4,9,11H,1-2,5-8,10,16H2. The van der Waals surface area contributed by atoms with Gasteiger partial charge in [-0.15, -0.1) is 0 Å². The van der Waals surface area contributed by atoms with E-state index in [4.69, 9.17) is 5.73 Å². The Labute approximate surface area is 107 Å². The minimum absolute atomic E-state index is 0.203. The molecule has 2 aliphatic rings. The quantitative estimate of drug-likeness (QED) is 0.831. The molecular formula is C14H20FN3. The number of hydrogen-bond acceptors (Lipinski definition) is 3. The molecule has 98 valence electrons. The van der Waals surface area contributed by atoms with Crippen molar-refractivity contribution in [3.8, 4) is 0 Å². The zero-order valence-electron chi connectivity index (χ0n) is 10.6. The Kier molecular flexibility index (Phi) is 3.12. The molecule has 1 aromatic rings. The van der Waals surface area contributed by atoms with E-state index in [1.807, 2.05) is 0 Å². The van der Waals surface area contributed by atoms with Crippen LogP contribution in [-0.2, 0) is 0 Å². The SMILES string of the molecule is Nc1ccc(N2CCN(CC3CC3)CC2)c(F)c1. The van der Waals surface area contributed by atoms with Gasteiger partial charge in [-0.25, -0.2) is 4.39 Å². The van der Waals surface area contributed by atoms with Gasteiger partial charge < -0.3 is 10.6 Å². The number of piperazine rings is 1. The topological polar surface area (TPSA) is 32.5 Å². The zero-order valence-corrected chi connectivity index (χ0v) is 10.6. The van der Waals surface area contributed by atoms with Crippen LogP contribution in [0.2, 0.25) is 0 Å². The van der Waals surface area contributed by atoms with E-state index in [0.717, 1.165) is 32.1 Å². The fourth-order valence-corrected chi connectivity index (χ4v) is 2.62. The van der Waals surface area contributed by atoms with Crippen LogP contribution in [0.15, 0.2) is 18.2 Å². The summed E-state index contributed by atoms with van der Waals surface area (Å²) >= 11 is 0. The first-order valence-electron chi connectivity index (χ1n) is 6.75. The van der Waals surface area contributed by atoms with Crippen LogP contribution in [0.25, 0.3) is 0 Å². The molecule has 2 fully saturated rings. The van der Waals surface area contributed by atoms with Crippen molar-refractivity contribution in [1.82, 2.24) is 4.90 Å². The maximum absolute atomic E-state index is 13.8. The Morgan fingerprint density at radius 1 is 1.17 bits per heavy atom. The molecule has 3 nitrogen and oxygen atoms in total. The second kappa shape index (κ2) is 4.76. The fourth-order valence-electron chi connectivity index (χ4n) is 2.62. The predicted octanol–water partition coefficient (Wildman–Crippen LogP) is 1.94. The number of halogens is 1. The Morgan fingerprint density at radius 2 is 1.89 bits per heavy atom. The third kappa shape index (κ3) is 2.58. The lowest BCUT2D eigenvalue weighted by molar-refractivity contribution is 0.247. The number of nitrogen functional groups attached to an aromatic ring is 1. The van der Waals surface area contributed by atoms with Gasteiger partial charge in [0.05, 0.1) is 5.69 Å². The molecule has 4 heteroatoms. The molecule has 0 atom stereocenters. The van der Waals surface area contributed by atoms with Crippen molar-refractivity contribution in [3.05, 3.63) is 24.0 Å². The molecule has 1 saturated carbocycles. The van der Waals surface area contributed by atoms with Crippen LogP contribution < -0.4 is 10.6 Å². The van der Waals surface area contributed by atoms with Gasteiger partial charge in [0.1, 0.15) is 5.82 Å². The van der Waals surface area contributed by atoms with Crippen LogP contribution in [0.4, 0.5) is 15.8 Å². The first kappa shape index (κ1) is 11.8. The predicted molar refractivity (Wildman–Crippen MR) is 72.2 cm³/mol. The molecular weight excluding hydrogens is 229 g/mol. The van der Waals surface area contributed by atoms with E-state index in [9.17, 15) is 4.39 Å². The van der Waals surface area contributed by atoms with Crippen LogP contribution >= 0.6 is 0 Å². The number of rotatable bonds is 3. The van der Waals surface area contributed by atoms with Crippen molar-refractivity contribution in [2.24, 2.45) is 5.92 Å². The molecule has 1 aliphatic carbocycles. The van der Waals surface area contributed by atoms with Gasteiger partial charge in [-0.1, -0.05) is 0 Å². The summed E-state index contributed by atoms with van der Waals surface area (Å²) in [5.74, 6) is 0.732. The smallest absolute Gasteiger partial charge is 0.148 e. The van der Waals surface area contributed by atoms with Gasteiger partial charge in [0.2, 0.25) is 0 Å². The monoisotopic (exact) mass is 249 g/mol. The second-order valence-electron chi connectivity index (χ2n) is 5.44. The molecule has 1 heterocycles. The Bertz CT molecular complexity index is 423. The van der Waals surface area contributed by atoms with Crippen molar-refractivity contribution in [2.75, 3.05) is 43.4 Å². The molecule has 0 bridgehead atoms. The molecule has 0 amide bonds. The lowest BCUT2D eigenvalue weighted by atomic mass is 10.2. The lowest BCUT2D eigenvalue weighted by Gasteiger charge is -2.36. The summed E-state index contributed by atoms with van der Waals surface area (Å²) in [6, 6.07) is 4.97.